The summed E-state index contributed by atoms with van der Waals surface area (Å²) in [5, 5.41) is 3.26. The van der Waals surface area contributed by atoms with E-state index in [2.05, 4.69) is 5.32 Å². The summed E-state index contributed by atoms with van der Waals surface area (Å²) >= 11 is 6.21. The highest BCUT2D eigenvalue weighted by Gasteiger charge is 2.22. The summed E-state index contributed by atoms with van der Waals surface area (Å²) in [6.45, 7) is 2.02. The number of ether oxygens (including phenoxy) is 1. The molecule has 0 aliphatic heterocycles. The van der Waals surface area contributed by atoms with Crippen LogP contribution >= 0.6 is 11.6 Å². The van der Waals surface area contributed by atoms with Crippen LogP contribution in [0, 0.1) is 5.92 Å². The Balaban J connectivity index is 2.03. The quantitative estimate of drug-likeness (QED) is 0.769. The second-order valence-electron chi connectivity index (χ2n) is 6.45. The predicted molar refractivity (Wildman–Crippen MR) is 100 cm³/mol. The second-order valence-corrected chi connectivity index (χ2v) is 6.86. The van der Waals surface area contributed by atoms with E-state index in [1.807, 2.05) is 0 Å². The number of halogens is 1. The fourth-order valence-electron chi connectivity index (χ4n) is 3.21. The van der Waals surface area contributed by atoms with Gasteiger partial charge in [-0.15, -0.1) is 0 Å². The molecule has 142 valence electrons. The van der Waals surface area contributed by atoms with Gasteiger partial charge in [-0.2, -0.15) is 0 Å². The third-order valence-electron chi connectivity index (χ3n) is 4.65. The molecule has 7 heteroatoms. The summed E-state index contributed by atoms with van der Waals surface area (Å²) in [6.07, 6.45) is 5.22. The number of benzene rings is 1. The lowest BCUT2D eigenvalue weighted by Gasteiger charge is -2.24. The van der Waals surface area contributed by atoms with Gasteiger partial charge in [0.25, 0.3) is 0 Å². The van der Waals surface area contributed by atoms with Gasteiger partial charge in [0.1, 0.15) is 0 Å². The molecule has 1 aromatic rings. The number of carbonyl (C=O) groups is 3. The van der Waals surface area contributed by atoms with E-state index >= 15 is 0 Å². The Bertz CT molecular complexity index is 672. The van der Waals surface area contributed by atoms with E-state index in [1.165, 1.54) is 31.4 Å². The van der Waals surface area contributed by atoms with Crippen molar-refractivity contribution in [2.75, 3.05) is 25.1 Å². The van der Waals surface area contributed by atoms with E-state index in [4.69, 9.17) is 16.3 Å². The molecule has 1 aliphatic rings. The van der Waals surface area contributed by atoms with Crippen molar-refractivity contribution in [1.82, 2.24) is 5.32 Å². The Labute approximate surface area is 158 Å². The number of nitrogens with one attached hydrogen (secondary N) is 1. The second kappa shape index (κ2) is 9.57. The maximum atomic E-state index is 12.2. The van der Waals surface area contributed by atoms with Crippen LogP contribution in [0.1, 0.15) is 49.4 Å². The SMILES string of the molecule is COC(=O)c1ccc(Cl)c(N(CCNC(=O)C2CCCCC2)C(C)=O)c1. The van der Waals surface area contributed by atoms with E-state index < -0.39 is 5.97 Å². The van der Waals surface area contributed by atoms with Crippen molar-refractivity contribution in [2.45, 2.75) is 39.0 Å². The third kappa shape index (κ3) is 5.21. The molecule has 2 rings (SSSR count). The highest BCUT2D eigenvalue weighted by Crippen LogP contribution is 2.28. The Morgan fingerprint density at radius 3 is 2.54 bits per heavy atom. The minimum atomic E-state index is -0.503. The van der Waals surface area contributed by atoms with Crippen molar-refractivity contribution >= 4 is 35.1 Å². The fraction of sp³-hybridized carbons (Fsp3) is 0.526. The Hall–Kier alpha value is -2.08. The molecule has 0 heterocycles. The maximum Gasteiger partial charge on any atom is 0.337 e. The van der Waals surface area contributed by atoms with Crippen LogP contribution in [-0.2, 0) is 14.3 Å². The molecule has 6 nitrogen and oxygen atoms in total. The number of esters is 1. The first-order valence-electron chi connectivity index (χ1n) is 8.87. The van der Waals surface area contributed by atoms with E-state index in [0.29, 0.717) is 22.8 Å². The van der Waals surface area contributed by atoms with Crippen LogP contribution in [-0.4, -0.2) is 38.0 Å². The summed E-state index contributed by atoms with van der Waals surface area (Å²) in [5.41, 5.74) is 0.735. The lowest BCUT2D eigenvalue weighted by Crippen LogP contribution is -2.40. The van der Waals surface area contributed by atoms with Crippen LogP contribution in [0.3, 0.4) is 0 Å². The first-order valence-corrected chi connectivity index (χ1v) is 9.25. The number of nitrogens with zero attached hydrogens (tertiary/aromatic N) is 1. The topological polar surface area (TPSA) is 75.7 Å². The number of carbonyl (C=O) groups excluding carboxylic acids is 3. The molecule has 1 aliphatic carbocycles. The molecule has 26 heavy (non-hydrogen) atoms. The first-order chi connectivity index (χ1) is 12.4. The summed E-state index contributed by atoms with van der Waals surface area (Å²) in [4.78, 5) is 37.5. The maximum absolute atomic E-state index is 12.2. The van der Waals surface area contributed by atoms with Gasteiger partial charge in [-0.1, -0.05) is 30.9 Å². The molecule has 0 aromatic heterocycles. The van der Waals surface area contributed by atoms with Crippen LogP contribution in [0.5, 0.6) is 0 Å². The zero-order chi connectivity index (χ0) is 19.1. The van der Waals surface area contributed by atoms with Crippen LogP contribution in [0.4, 0.5) is 5.69 Å². The molecule has 1 aromatic carbocycles. The standard InChI is InChI=1S/C19H25ClN2O4/c1-13(23)22(11-10-21-18(24)14-6-4-3-5-7-14)17-12-15(19(25)26-2)8-9-16(17)20/h8-9,12,14H,3-7,10-11H2,1-2H3,(H,21,24). The van der Waals surface area contributed by atoms with Gasteiger partial charge in [-0.25, -0.2) is 4.79 Å². The molecule has 0 bridgehead atoms. The van der Waals surface area contributed by atoms with Gasteiger partial charge >= 0.3 is 5.97 Å². The Morgan fingerprint density at radius 1 is 1.23 bits per heavy atom. The number of hydrogen-bond donors (Lipinski definition) is 1. The number of amides is 2. The highest BCUT2D eigenvalue weighted by atomic mass is 35.5. The van der Waals surface area contributed by atoms with Crippen LogP contribution in [0.25, 0.3) is 0 Å². The van der Waals surface area contributed by atoms with E-state index in [1.54, 1.807) is 12.1 Å². The minimum absolute atomic E-state index is 0.0441. The molecular weight excluding hydrogens is 356 g/mol. The zero-order valence-corrected chi connectivity index (χ0v) is 16.0. The van der Waals surface area contributed by atoms with E-state index in [0.717, 1.165) is 25.7 Å². The van der Waals surface area contributed by atoms with Gasteiger partial charge in [-0.3, -0.25) is 9.59 Å². The van der Waals surface area contributed by atoms with E-state index in [9.17, 15) is 14.4 Å². The molecule has 0 saturated heterocycles. The van der Waals surface area contributed by atoms with Crippen molar-refractivity contribution in [3.8, 4) is 0 Å². The third-order valence-corrected chi connectivity index (χ3v) is 4.97. The molecule has 1 fully saturated rings. The summed E-state index contributed by atoms with van der Waals surface area (Å²) < 4.78 is 4.71. The predicted octanol–water partition coefficient (Wildman–Crippen LogP) is 3.18. The number of methoxy groups -OCH3 is 1. The normalized spacial score (nSPS) is 14.6. The Morgan fingerprint density at radius 2 is 1.92 bits per heavy atom. The van der Waals surface area contributed by atoms with Crippen LogP contribution < -0.4 is 10.2 Å². The van der Waals surface area contributed by atoms with Crippen molar-refractivity contribution in [3.05, 3.63) is 28.8 Å². The smallest absolute Gasteiger partial charge is 0.337 e. The molecule has 1 N–H and O–H groups in total. The van der Waals surface area contributed by atoms with Gasteiger partial charge < -0.3 is 15.0 Å². The van der Waals surface area contributed by atoms with Crippen molar-refractivity contribution < 1.29 is 19.1 Å². The lowest BCUT2D eigenvalue weighted by molar-refractivity contribution is -0.126. The summed E-state index contributed by atoms with van der Waals surface area (Å²) in [7, 11) is 1.29. The van der Waals surface area contributed by atoms with Gasteiger partial charge in [0.15, 0.2) is 0 Å². The number of rotatable bonds is 6. The largest absolute Gasteiger partial charge is 0.465 e. The van der Waals surface area contributed by atoms with Gasteiger partial charge in [0.2, 0.25) is 11.8 Å². The van der Waals surface area contributed by atoms with Crippen LogP contribution in [0.2, 0.25) is 5.02 Å². The lowest BCUT2D eigenvalue weighted by atomic mass is 9.89. The fourth-order valence-corrected chi connectivity index (χ4v) is 3.43. The molecule has 0 unspecified atom stereocenters. The van der Waals surface area contributed by atoms with Crippen molar-refractivity contribution in [1.29, 1.82) is 0 Å². The molecule has 0 radical (unpaired) electrons. The minimum Gasteiger partial charge on any atom is -0.465 e. The van der Waals surface area contributed by atoms with Crippen molar-refractivity contribution in [2.24, 2.45) is 5.92 Å². The zero-order valence-electron chi connectivity index (χ0n) is 15.2. The summed E-state index contributed by atoms with van der Waals surface area (Å²) in [6, 6.07) is 4.62. The monoisotopic (exact) mass is 380 g/mol. The average molecular weight is 381 g/mol. The molecule has 0 atom stereocenters. The van der Waals surface area contributed by atoms with Gasteiger partial charge in [0, 0.05) is 25.9 Å². The molecule has 1 saturated carbocycles. The van der Waals surface area contributed by atoms with E-state index in [-0.39, 0.29) is 24.3 Å². The number of anilines is 1. The summed E-state index contributed by atoms with van der Waals surface area (Å²) in [5.74, 6) is -0.610. The highest BCUT2D eigenvalue weighted by molar-refractivity contribution is 6.34. The average Bonchev–Trinajstić information content (AvgIpc) is 2.65. The molecular formula is C19H25ClN2O4. The first kappa shape index (κ1) is 20.2. The van der Waals surface area contributed by atoms with Gasteiger partial charge in [0.05, 0.1) is 23.4 Å². The van der Waals surface area contributed by atoms with Crippen molar-refractivity contribution in [3.63, 3.8) is 0 Å². The van der Waals surface area contributed by atoms with Crippen LogP contribution in [0.15, 0.2) is 18.2 Å². The van der Waals surface area contributed by atoms with Gasteiger partial charge in [-0.05, 0) is 31.0 Å². The molecule has 0 spiro atoms. The number of hydrogen-bond acceptors (Lipinski definition) is 4. The Kier molecular flexibility index (Phi) is 7.45. The molecule has 2 amide bonds.